The van der Waals surface area contributed by atoms with Crippen molar-refractivity contribution < 1.29 is 49.1 Å². The topological polar surface area (TPSA) is 91.7 Å². The molecule has 0 fully saturated rings. The van der Waals surface area contributed by atoms with Gasteiger partial charge in [0.2, 0.25) is 0 Å². The van der Waals surface area contributed by atoms with Crippen LogP contribution >= 0.6 is 7.60 Å². The van der Waals surface area contributed by atoms with Gasteiger partial charge in [-0.15, -0.1) is 0 Å². The molecule has 1 heterocycles. The molecule has 0 aliphatic rings. The first-order valence-corrected chi connectivity index (χ1v) is 9.01. The molecule has 1 aromatic rings. The maximum absolute atomic E-state index is 13.5. The van der Waals surface area contributed by atoms with Crippen molar-refractivity contribution in [3.05, 3.63) is 22.5 Å². The zero-order chi connectivity index (χ0) is 21.6. The summed E-state index contributed by atoms with van der Waals surface area (Å²) in [6.07, 6.45) is -10.4. The number of nitrogens with zero attached hydrogens (tertiary/aromatic N) is 2. The van der Waals surface area contributed by atoms with E-state index >= 15 is 0 Å². The molecule has 0 aromatic carbocycles. The van der Waals surface area contributed by atoms with Gasteiger partial charge in [0.25, 0.3) is 0 Å². The van der Waals surface area contributed by atoms with Crippen LogP contribution in [-0.2, 0) is 24.9 Å². The minimum Gasteiger partial charge on any atom is -0.370 e. The molecule has 1 rings (SSSR count). The Hall–Kier alpha value is -1.70. The molecule has 0 radical (unpaired) electrons. The Bertz CT molecular complexity index is 731. The molecule has 16 heteroatoms. The van der Waals surface area contributed by atoms with Gasteiger partial charge in [0.15, 0.2) is 24.8 Å². The Kier molecular flexibility index (Phi) is 8.41. The first-order valence-electron chi connectivity index (χ1n) is 7.29. The fourth-order valence-electron chi connectivity index (χ4n) is 1.60. The van der Waals surface area contributed by atoms with Crippen LogP contribution in [0.4, 0.5) is 36.6 Å². The molecular weight excluding hydrogens is 430 g/mol. The van der Waals surface area contributed by atoms with Crippen molar-refractivity contribution in [2.75, 3.05) is 38.5 Å². The van der Waals surface area contributed by atoms with Crippen molar-refractivity contribution in [1.29, 1.82) is 0 Å². The van der Waals surface area contributed by atoms with Crippen LogP contribution in [0, 0.1) is 5.82 Å². The Labute approximate surface area is 153 Å². The SMILES string of the molecule is CNc1nc(=O)n(CCOCP(=O)(OCC(F)(F)F)OCC(F)(F)F)cc1F. The van der Waals surface area contributed by atoms with Gasteiger partial charge in [0, 0.05) is 13.2 Å². The molecule has 0 saturated heterocycles. The summed E-state index contributed by atoms with van der Waals surface area (Å²) in [5.74, 6) is -1.22. The Morgan fingerprint density at radius 3 is 2.14 bits per heavy atom. The number of hydrogen-bond acceptors (Lipinski definition) is 7. The molecule has 162 valence electrons. The maximum Gasteiger partial charge on any atom is 0.412 e. The Morgan fingerprint density at radius 2 is 1.68 bits per heavy atom. The van der Waals surface area contributed by atoms with Crippen molar-refractivity contribution in [1.82, 2.24) is 9.55 Å². The van der Waals surface area contributed by atoms with E-state index in [1.54, 1.807) is 0 Å². The summed E-state index contributed by atoms with van der Waals surface area (Å²) in [6, 6.07) is 0. The van der Waals surface area contributed by atoms with Gasteiger partial charge in [-0.1, -0.05) is 0 Å². The zero-order valence-corrected chi connectivity index (χ0v) is 15.0. The lowest BCUT2D eigenvalue weighted by molar-refractivity contribution is -0.166. The molecule has 0 unspecified atom stereocenters. The summed E-state index contributed by atoms with van der Waals surface area (Å²) >= 11 is 0. The third-order valence-corrected chi connectivity index (χ3v) is 4.30. The summed E-state index contributed by atoms with van der Waals surface area (Å²) in [6.45, 7) is -5.16. The van der Waals surface area contributed by atoms with Gasteiger partial charge in [-0.3, -0.25) is 18.2 Å². The van der Waals surface area contributed by atoms with Gasteiger partial charge < -0.3 is 10.1 Å². The number of nitrogens with one attached hydrogen (secondary N) is 1. The summed E-state index contributed by atoms with van der Waals surface area (Å²) in [4.78, 5) is 14.9. The second-order valence-corrected chi connectivity index (χ2v) is 7.09. The molecule has 0 amide bonds. The maximum atomic E-state index is 13.5. The van der Waals surface area contributed by atoms with Crippen LogP contribution in [0.25, 0.3) is 0 Å². The number of rotatable bonds is 10. The molecule has 28 heavy (non-hydrogen) atoms. The largest absolute Gasteiger partial charge is 0.412 e. The van der Waals surface area contributed by atoms with E-state index in [0.717, 1.165) is 10.8 Å². The van der Waals surface area contributed by atoms with Gasteiger partial charge >= 0.3 is 25.6 Å². The molecule has 1 aromatic heterocycles. The van der Waals surface area contributed by atoms with E-state index in [-0.39, 0.29) is 12.4 Å². The number of aromatic nitrogens is 2. The zero-order valence-electron chi connectivity index (χ0n) is 14.1. The summed E-state index contributed by atoms with van der Waals surface area (Å²) in [5.41, 5.74) is -0.904. The molecule has 1 N–H and O–H groups in total. The first kappa shape index (κ1) is 24.3. The third-order valence-electron chi connectivity index (χ3n) is 2.76. The van der Waals surface area contributed by atoms with Crippen LogP contribution in [0.3, 0.4) is 0 Å². The lowest BCUT2D eigenvalue weighted by atomic mass is 10.5. The minimum absolute atomic E-state index is 0.326. The lowest BCUT2D eigenvalue weighted by Gasteiger charge is -2.20. The van der Waals surface area contributed by atoms with Crippen molar-refractivity contribution in [3.8, 4) is 0 Å². The fourth-order valence-corrected chi connectivity index (χ4v) is 2.86. The van der Waals surface area contributed by atoms with E-state index in [9.17, 15) is 40.1 Å². The highest BCUT2D eigenvalue weighted by Gasteiger charge is 2.38. The smallest absolute Gasteiger partial charge is 0.370 e. The second kappa shape index (κ2) is 9.67. The summed E-state index contributed by atoms with van der Waals surface area (Å²) in [7, 11) is -3.60. The fraction of sp³-hybridized carbons (Fsp3) is 0.667. The van der Waals surface area contributed by atoms with E-state index in [1.807, 2.05) is 0 Å². The number of ether oxygens (including phenoxy) is 1. The van der Waals surface area contributed by atoms with E-state index < -0.39 is 57.6 Å². The molecule has 8 nitrogen and oxygen atoms in total. The molecule has 0 spiro atoms. The average molecular weight is 445 g/mol. The number of alkyl halides is 6. The molecular formula is C12H15F7N3O5P. The Morgan fingerprint density at radius 1 is 1.14 bits per heavy atom. The van der Waals surface area contributed by atoms with E-state index in [1.165, 1.54) is 7.05 Å². The van der Waals surface area contributed by atoms with Crippen LogP contribution in [0.2, 0.25) is 0 Å². The van der Waals surface area contributed by atoms with E-state index in [0.29, 0.717) is 0 Å². The van der Waals surface area contributed by atoms with E-state index in [4.69, 9.17) is 4.74 Å². The van der Waals surface area contributed by atoms with Crippen molar-refractivity contribution in [3.63, 3.8) is 0 Å². The van der Waals surface area contributed by atoms with Gasteiger partial charge in [-0.25, -0.2) is 9.18 Å². The molecule has 0 aliphatic carbocycles. The van der Waals surface area contributed by atoms with Crippen LogP contribution in [-0.4, -0.2) is 55.1 Å². The molecule has 0 bridgehead atoms. The van der Waals surface area contributed by atoms with Crippen LogP contribution in [0.5, 0.6) is 0 Å². The van der Waals surface area contributed by atoms with Crippen molar-refractivity contribution >= 4 is 13.4 Å². The molecule has 0 aliphatic heterocycles. The quantitative estimate of drug-likeness (QED) is 0.337. The normalized spacial score (nSPS) is 13.0. The van der Waals surface area contributed by atoms with Crippen LogP contribution in [0.1, 0.15) is 0 Å². The van der Waals surface area contributed by atoms with E-state index in [2.05, 4.69) is 19.3 Å². The van der Waals surface area contributed by atoms with Gasteiger partial charge in [0.05, 0.1) is 13.2 Å². The highest BCUT2D eigenvalue weighted by atomic mass is 31.2. The molecule has 0 saturated carbocycles. The number of anilines is 1. The molecule has 0 atom stereocenters. The minimum atomic E-state index is -4.97. The highest BCUT2D eigenvalue weighted by molar-refractivity contribution is 7.53. The predicted molar refractivity (Wildman–Crippen MR) is 80.4 cm³/mol. The lowest BCUT2D eigenvalue weighted by Crippen LogP contribution is -2.26. The highest BCUT2D eigenvalue weighted by Crippen LogP contribution is 2.50. The standard InChI is InChI=1S/C12H15F7N3O5P/c1-20-9-8(13)4-22(10(23)21-9)2-3-25-7-28(24,26-5-11(14,15)16)27-6-12(17,18)19/h4H,2-3,5-7H2,1H3,(H,20,21,23). The first-order chi connectivity index (χ1) is 12.7. The van der Waals surface area contributed by atoms with Crippen LogP contribution < -0.4 is 11.0 Å². The van der Waals surface area contributed by atoms with Crippen LogP contribution in [0.15, 0.2) is 11.0 Å². The average Bonchev–Trinajstić information content (AvgIpc) is 2.56. The summed E-state index contributed by atoms with van der Waals surface area (Å²) in [5, 5.41) is 2.32. The third kappa shape index (κ3) is 8.99. The van der Waals surface area contributed by atoms with Crippen molar-refractivity contribution in [2.45, 2.75) is 18.9 Å². The van der Waals surface area contributed by atoms with Gasteiger partial charge in [-0.05, 0) is 0 Å². The predicted octanol–water partition coefficient (Wildman–Crippen LogP) is 2.75. The van der Waals surface area contributed by atoms with Gasteiger partial charge in [-0.2, -0.15) is 31.3 Å². The Balaban J connectivity index is 2.68. The van der Waals surface area contributed by atoms with Gasteiger partial charge in [0.1, 0.15) is 6.35 Å². The van der Waals surface area contributed by atoms with Crippen molar-refractivity contribution in [2.24, 2.45) is 0 Å². The summed E-state index contributed by atoms with van der Waals surface area (Å²) < 4.78 is 112. The monoisotopic (exact) mass is 445 g/mol. The second-order valence-electron chi connectivity index (χ2n) is 5.09. The number of halogens is 7. The number of hydrogen-bond donors (Lipinski definition) is 1.